The molecule has 0 spiro atoms. The van der Waals surface area contributed by atoms with Crippen molar-refractivity contribution in [3.8, 4) is 0 Å². The predicted molar refractivity (Wildman–Crippen MR) is 93.5 cm³/mol. The van der Waals surface area contributed by atoms with E-state index < -0.39 is 0 Å². The van der Waals surface area contributed by atoms with E-state index in [0.29, 0.717) is 0 Å². The second-order valence-corrected chi connectivity index (χ2v) is 5.95. The first kappa shape index (κ1) is 16.9. The van der Waals surface area contributed by atoms with E-state index in [1.165, 1.54) is 27.1 Å². The Kier molecular flexibility index (Phi) is 6.44. The summed E-state index contributed by atoms with van der Waals surface area (Å²) in [6.45, 7) is 6.56. The lowest BCUT2D eigenvalue weighted by Gasteiger charge is -2.11. The molecule has 1 N–H and O–H groups in total. The summed E-state index contributed by atoms with van der Waals surface area (Å²) in [7, 11) is 1.95. The molecule has 2 aromatic carbocycles. The fourth-order valence-electron chi connectivity index (χ4n) is 2.32. The molecule has 108 valence electrons. The maximum Gasteiger partial charge on any atom is 0.0337 e. The Morgan fingerprint density at radius 1 is 0.950 bits per heavy atom. The van der Waals surface area contributed by atoms with E-state index in [2.05, 4.69) is 62.5 Å². The average Bonchev–Trinajstić information content (AvgIpc) is 2.38. The largest absolute Gasteiger partial charge is 0.388 e. The normalized spacial score (nSPS) is 10.0. The maximum atomic E-state index is 3.15. The highest BCUT2D eigenvalue weighted by atomic mass is 35.5. The van der Waals surface area contributed by atoms with Crippen molar-refractivity contribution < 1.29 is 0 Å². The van der Waals surface area contributed by atoms with Gasteiger partial charge in [0.15, 0.2) is 0 Å². The van der Waals surface area contributed by atoms with Gasteiger partial charge in [0.2, 0.25) is 0 Å². The standard InChI is InChI=1S/C17H21NS.ClH/c1-12-9-13(2)17(14(3)10-12)19-11-15-5-7-16(18-4)8-6-15;/h5-10,18H,11H2,1-4H3;1H. The molecule has 0 bridgehead atoms. The van der Waals surface area contributed by atoms with E-state index in [-0.39, 0.29) is 12.4 Å². The van der Waals surface area contributed by atoms with Gasteiger partial charge in [0.1, 0.15) is 0 Å². The van der Waals surface area contributed by atoms with Crippen molar-refractivity contribution in [2.75, 3.05) is 12.4 Å². The van der Waals surface area contributed by atoms with Crippen LogP contribution in [0.3, 0.4) is 0 Å². The fourth-order valence-corrected chi connectivity index (χ4v) is 3.39. The molecule has 0 amide bonds. The third-order valence-electron chi connectivity index (χ3n) is 3.23. The first-order valence-corrected chi connectivity index (χ1v) is 7.56. The number of rotatable bonds is 4. The van der Waals surface area contributed by atoms with E-state index in [0.717, 1.165) is 11.4 Å². The molecular formula is C17H22ClNS. The van der Waals surface area contributed by atoms with Crippen molar-refractivity contribution in [1.82, 2.24) is 0 Å². The van der Waals surface area contributed by atoms with E-state index in [1.54, 1.807) is 0 Å². The van der Waals surface area contributed by atoms with E-state index >= 15 is 0 Å². The highest BCUT2D eigenvalue weighted by molar-refractivity contribution is 7.98. The van der Waals surface area contributed by atoms with Gasteiger partial charge in [0.05, 0.1) is 0 Å². The Morgan fingerprint density at radius 2 is 1.50 bits per heavy atom. The first-order valence-electron chi connectivity index (χ1n) is 6.57. The molecular weight excluding hydrogens is 286 g/mol. The van der Waals surface area contributed by atoms with Gasteiger partial charge in [-0.3, -0.25) is 0 Å². The van der Waals surface area contributed by atoms with Crippen LogP contribution in [0.25, 0.3) is 0 Å². The van der Waals surface area contributed by atoms with Crippen LogP contribution in [-0.2, 0) is 5.75 Å². The Morgan fingerprint density at radius 3 is 2.00 bits per heavy atom. The minimum atomic E-state index is 0. The van der Waals surface area contributed by atoms with Gasteiger partial charge < -0.3 is 5.32 Å². The molecule has 0 atom stereocenters. The van der Waals surface area contributed by atoms with Crippen LogP contribution in [0.4, 0.5) is 5.69 Å². The number of anilines is 1. The van der Waals surface area contributed by atoms with E-state index in [4.69, 9.17) is 0 Å². The van der Waals surface area contributed by atoms with Crippen LogP contribution in [0.15, 0.2) is 41.3 Å². The number of benzene rings is 2. The van der Waals surface area contributed by atoms with Gasteiger partial charge in [-0.15, -0.1) is 24.2 Å². The number of hydrogen-bond donors (Lipinski definition) is 1. The molecule has 0 unspecified atom stereocenters. The smallest absolute Gasteiger partial charge is 0.0337 e. The van der Waals surface area contributed by atoms with Crippen molar-refractivity contribution in [2.24, 2.45) is 0 Å². The molecule has 2 aromatic rings. The molecule has 0 aliphatic heterocycles. The zero-order valence-corrected chi connectivity index (χ0v) is 14.1. The molecule has 0 saturated heterocycles. The second-order valence-electron chi connectivity index (χ2n) is 4.96. The van der Waals surface area contributed by atoms with Crippen LogP contribution < -0.4 is 5.32 Å². The molecule has 0 aromatic heterocycles. The summed E-state index contributed by atoms with van der Waals surface area (Å²) in [5.41, 5.74) is 6.64. The van der Waals surface area contributed by atoms with E-state index in [9.17, 15) is 0 Å². The Balaban J connectivity index is 0.00000200. The number of halogens is 1. The molecule has 0 aliphatic rings. The van der Waals surface area contributed by atoms with Gasteiger partial charge in [-0.25, -0.2) is 0 Å². The Hall–Kier alpha value is -1.12. The maximum absolute atomic E-state index is 3.15. The summed E-state index contributed by atoms with van der Waals surface area (Å²) in [6, 6.07) is 13.2. The number of aryl methyl sites for hydroxylation is 3. The van der Waals surface area contributed by atoms with Crippen LogP contribution >= 0.6 is 24.2 Å². The highest BCUT2D eigenvalue weighted by Gasteiger charge is 2.05. The van der Waals surface area contributed by atoms with Crippen LogP contribution in [0.1, 0.15) is 22.3 Å². The van der Waals surface area contributed by atoms with Crippen molar-refractivity contribution in [2.45, 2.75) is 31.4 Å². The molecule has 20 heavy (non-hydrogen) atoms. The molecule has 0 heterocycles. The third-order valence-corrected chi connectivity index (χ3v) is 4.64. The lowest BCUT2D eigenvalue weighted by Crippen LogP contribution is -1.90. The molecule has 2 rings (SSSR count). The van der Waals surface area contributed by atoms with Gasteiger partial charge in [0.25, 0.3) is 0 Å². The number of nitrogens with one attached hydrogen (secondary N) is 1. The van der Waals surface area contributed by atoms with Gasteiger partial charge in [0, 0.05) is 23.4 Å². The Bertz CT molecular complexity index is 541. The van der Waals surface area contributed by atoms with Crippen molar-refractivity contribution in [3.63, 3.8) is 0 Å². The second kappa shape index (κ2) is 7.61. The zero-order valence-electron chi connectivity index (χ0n) is 12.5. The number of hydrogen-bond acceptors (Lipinski definition) is 2. The number of thioether (sulfide) groups is 1. The van der Waals surface area contributed by atoms with Crippen molar-refractivity contribution in [1.29, 1.82) is 0 Å². The quantitative estimate of drug-likeness (QED) is 0.762. The Labute approximate surface area is 132 Å². The predicted octanol–water partition coefficient (Wildman–Crippen LogP) is 5.37. The monoisotopic (exact) mass is 307 g/mol. The van der Waals surface area contributed by atoms with Gasteiger partial charge >= 0.3 is 0 Å². The third kappa shape index (κ3) is 4.19. The summed E-state index contributed by atoms with van der Waals surface area (Å²) in [5, 5.41) is 3.15. The fraction of sp³-hybridized carbons (Fsp3) is 0.294. The SMILES string of the molecule is CNc1ccc(CSc2c(C)cc(C)cc2C)cc1.Cl. The van der Waals surface area contributed by atoms with Crippen molar-refractivity contribution in [3.05, 3.63) is 58.7 Å². The molecule has 0 radical (unpaired) electrons. The minimum Gasteiger partial charge on any atom is -0.388 e. The lowest BCUT2D eigenvalue weighted by molar-refractivity contribution is 1.18. The van der Waals surface area contributed by atoms with Crippen LogP contribution in [0, 0.1) is 20.8 Å². The summed E-state index contributed by atoms with van der Waals surface area (Å²) < 4.78 is 0. The zero-order chi connectivity index (χ0) is 13.8. The molecule has 0 aliphatic carbocycles. The lowest BCUT2D eigenvalue weighted by atomic mass is 10.1. The minimum absolute atomic E-state index is 0. The average molecular weight is 308 g/mol. The van der Waals surface area contributed by atoms with Gasteiger partial charge in [-0.2, -0.15) is 0 Å². The summed E-state index contributed by atoms with van der Waals surface area (Å²) >= 11 is 1.93. The van der Waals surface area contributed by atoms with Crippen LogP contribution in [0.5, 0.6) is 0 Å². The van der Waals surface area contributed by atoms with Crippen molar-refractivity contribution >= 4 is 29.9 Å². The van der Waals surface area contributed by atoms with E-state index in [1.807, 2.05) is 18.8 Å². The molecule has 1 nitrogen and oxygen atoms in total. The van der Waals surface area contributed by atoms with Gasteiger partial charge in [-0.1, -0.05) is 29.8 Å². The van der Waals surface area contributed by atoms with Crippen LogP contribution in [0.2, 0.25) is 0 Å². The van der Waals surface area contributed by atoms with Gasteiger partial charge in [-0.05, 0) is 49.6 Å². The molecule has 0 fully saturated rings. The molecule has 3 heteroatoms. The molecule has 0 saturated carbocycles. The van der Waals surface area contributed by atoms with Crippen LogP contribution in [-0.4, -0.2) is 7.05 Å². The summed E-state index contributed by atoms with van der Waals surface area (Å²) in [5.74, 6) is 1.02. The highest BCUT2D eigenvalue weighted by Crippen LogP contribution is 2.30. The topological polar surface area (TPSA) is 12.0 Å². The summed E-state index contributed by atoms with van der Waals surface area (Å²) in [6.07, 6.45) is 0. The first-order chi connectivity index (χ1) is 9.10. The summed E-state index contributed by atoms with van der Waals surface area (Å²) in [4.78, 5) is 1.42.